The Morgan fingerprint density at radius 2 is 2.05 bits per heavy atom. The number of pyridine rings is 1. The minimum atomic E-state index is -4.48. The van der Waals surface area contributed by atoms with Crippen molar-refractivity contribution in [1.29, 1.82) is 0 Å². The Morgan fingerprint density at radius 1 is 1.26 bits per heavy atom. The van der Waals surface area contributed by atoms with Crippen LogP contribution in [0.3, 0.4) is 0 Å². The van der Waals surface area contributed by atoms with Gasteiger partial charge in [-0.15, -0.1) is 0 Å². The molecule has 0 radical (unpaired) electrons. The first-order valence-electron chi connectivity index (χ1n) is 5.75. The summed E-state index contributed by atoms with van der Waals surface area (Å²) in [5.41, 5.74) is 0.801. The SMILES string of the molecule is FC(F)(F)c1cc(-c2cc3n(n2)CCC3)c(Cl)cn1. The van der Waals surface area contributed by atoms with E-state index in [2.05, 4.69) is 10.1 Å². The zero-order valence-electron chi connectivity index (χ0n) is 9.71. The van der Waals surface area contributed by atoms with Gasteiger partial charge >= 0.3 is 6.18 Å². The van der Waals surface area contributed by atoms with Crippen LogP contribution in [0.2, 0.25) is 5.02 Å². The minimum absolute atomic E-state index is 0.171. The van der Waals surface area contributed by atoms with Crippen LogP contribution in [0, 0.1) is 0 Å². The van der Waals surface area contributed by atoms with Crippen molar-refractivity contribution in [3.05, 3.63) is 34.7 Å². The van der Waals surface area contributed by atoms with E-state index in [1.165, 1.54) is 0 Å². The third kappa shape index (κ3) is 2.20. The Hall–Kier alpha value is -1.56. The summed E-state index contributed by atoms with van der Waals surface area (Å²) < 4.78 is 39.7. The van der Waals surface area contributed by atoms with Crippen LogP contribution in [0.5, 0.6) is 0 Å². The van der Waals surface area contributed by atoms with Gasteiger partial charge in [-0.05, 0) is 25.0 Å². The van der Waals surface area contributed by atoms with E-state index < -0.39 is 11.9 Å². The highest BCUT2D eigenvalue weighted by molar-refractivity contribution is 6.33. The van der Waals surface area contributed by atoms with Gasteiger partial charge in [-0.3, -0.25) is 9.67 Å². The molecule has 0 unspecified atom stereocenters. The predicted molar refractivity (Wildman–Crippen MR) is 63.8 cm³/mol. The highest BCUT2D eigenvalue weighted by atomic mass is 35.5. The van der Waals surface area contributed by atoms with E-state index in [1.54, 1.807) is 10.7 Å². The van der Waals surface area contributed by atoms with Crippen LogP contribution >= 0.6 is 11.6 Å². The van der Waals surface area contributed by atoms with Crippen molar-refractivity contribution in [3.63, 3.8) is 0 Å². The molecule has 100 valence electrons. The van der Waals surface area contributed by atoms with Crippen molar-refractivity contribution in [2.24, 2.45) is 0 Å². The van der Waals surface area contributed by atoms with Crippen molar-refractivity contribution in [2.75, 3.05) is 0 Å². The lowest BCUT2D eigenvalue weighted by atomic mass is 10.1. The third-order valence-corrected chi connectivity index (χ3v) is 3.39. The first kappa shape index (κ1) is 12.5. The zero-order chi connectivity index (χ0) is 13.6. The molecule has 3 nitrogen and oxygen atoms in total. The van der Waals surface area contributed by atoms with Gasteiger partial charge < -0.3 is 0 Å². The molecule has 0 spiro atoms. The molecule has 2 aromatic heterocycles. The number of aryl methyl sites for hydroxylation is 2. The summed E-state index contributed by atoms with van der Waals surface area (Å²) >= 11 is 5.92. The summed E-state index contributed by atoms with van der Waals surface area (Å²) in [6, 6.07) is 2.73. The van der Waals surface area contributed by atoms with Crippen LogP contribution in [-0.2, 0) is 19.1 Å². The molecule has 2 aromatic rings. The summed E-state index contributed by atoms with van der Waals surface area (Å²) in [4.78, 5) is 3.31. The average Bonchev–Trinajstić information content (AvgIpc) is 2.88. The van der Waals surface area contributed by atoms with Crippen LogP contribution in [0.15, 0.2) is 18.3 Å². The number of rotatable bonds is 1. The Labute approximate surface area is 112 Å². The summed E-state index contributed by atoms with van der Waals surface area (Å²) in [6.45, 7) is 0.796. The second-order valence-corrected chi connectivity index (χ2v) is 4.80. The van der Waals surface area contributed by atoms with Gasteiger partial charge in [0.1, 0.15) is 5.69 Å². The Kier molecular flexibility index (Phi) is 2.78. The van der Waals surface area contributed by atoms with Crippen LogP contribution in [0.1, 0.15) is 17.8 Å². The topological polar surface area (TPSA) is 30.7 Å². The molecule has 0 bridgehead atoms. The lowest BCUT2D eigenvalue weighted by Crippen LogP contribution is -2.08. The van der Waals surface area contributed by atoms with Gasteiger partial charge in [-0.2, -0.15) is 18.3 Å². The van der Waals surface area contributed by atoms with Gasteiger partial charge in [0.05, 0.1) is 10.7 Å². The van der Waals surface area contributed by atoms with E-state index in [0.29, 0.717) is 5.69 Å². The van der Waals surface area contributed by atoms with E-state index in [1.807, 2.05) is 0 Å². The predicted octanol–water partition coefficient (Wildman–Crippen LogP) is 3.56. The first-order chi connectivity index (χ1) is 8.95. The van der Waals surface area contributed by atoms with Gasteiger partial charge in [0.2, 0.25) is 0 Å². The summed E-state index contributed by atoms with van der Waals surface area (Å²) in [7, 11) is 0. The molecule has 3 rings (SSSR count). The molecule has 0 atom stereocenters. The highest BCUT2D eigenvalue weighted by Gasteiger charge is 2.33. The molecule has 0 amide bonds. The van der Waals surface area contributed by atoms with Gasteiger partial charge in [0, 0.05) is 24.0 Å². The molecule has 1 aliphatic heterocycles. The number of halogens is 4. The van der Waals surface area contributed by atoms with Crippen molar-refractivity contribution >= 4 is 11.6 Å². The van der Waals surface area contributed by atoms with E-state index in [-0.39, 0.29) is 10.6 Å². The van der Waals surface area contributed by atoms with Gasteiger partial charge in [0.15, 0.2) is 0 Å². The fourth-order valence-electron chi connectivity index (χ4n) is 2.18. The van der Waals surface area contributed by atoms with Gasteiger partial charge in [-0.25, -0.2) is 0 Å². The normalized spacial score (nSPS) is 14.7. The molecule has 3 heterocycles. The van der Waals surface area contributed by atoms with Crippen LogP contribution in [0.4, 0.5) is 13.2 Å². The molecule has 0 fully saturated rings. The molecule has 19 heavy (non-hydrogen) atoms. The molecular formula is C12H9ClF3N3. The Balaban J connectivity index is 2.08. The second kappa shape index (κ2) is 4.23. The standard InChI is InChI=1S/C12H9ClF3N3/c13-9-6-17-11(12(14,15)16)5-8(9)10-4-7-2-1-3-19(7)18-10/h4-6H,1-3H2. The van der Waals surface area contributed by atoms with E-state index in [4.69, 9.17) is 11.6 Å². The molecule has 0 saturated heterocycles. The summed E-state index contributed by atoms with van der Waals surface area (Å²) in [6.07, 6.45) is -1.56. The minimum Gasteiger partial charge on any atom is -0.269 e. The van der Waals surface area contributed by atoms with E-state index in [9.17, 15) is 13.2 Å². The maximum absolute atomic E-state index is 12.6. The van der Waals surface area contributed by atoms with Crippen LogP contribution in [0.25, 0.3) is 11.3 Å². The molecule has 1 aliphatic rings. The Bertz CT molecular complexity index is 612. The average molecular weight is 288 g/mol. The van der Waals surface area contributed by atoms with E-state index >= 15 is 0 Å². The summed E-state index contributed by atoms with van der Waals surface area (Å²) in [5, 5.41) is 4.45. The number of alkyl halides is 3. The quantitative estimate of drug-likeness (QED) is 0.803. The van der Waals surface area contributed by atoms with Crippen molar-refractivity contribution in [1.82, 2.24) is 14.8 Å². The molecule has 0 aromatic carbocycles. The maximum atomic E-state index is 12.6. The van der Waals surface area contributed by atoms with Gasteiger partial charge in [-0.1, -0.05) is 11.6 Å². The van der Waals surface area contributed by atoms with Crippen molar-refractivity contribution in [2.45, 2.75) is 25.6 Å². The first-order valence-corrected chi connectivity index (χ1v) is 6.13. The fraction of sp³-hybridized carbons (Fsp3) is 0.333. The molecule has 7 heteroatoms. The monoisotopic (exact) mass is 287 g/mol. The van der Waals surface area contributed by atoms with Crippen molar-refractivity contribution < 1.29 is 13.2 Å². The van der Waals surface area contributed by atoms with Crippen LogP contribution in [-0.4, -0.2) is 14.8 Å². The van der Waals surface area contributed by atoms with Gasteiger partial charge in [0.25, 0.3) is 0 Å². The largest absolute Gasteiger partial charge is 0.433 e. The number of aromatic nitrogens is 3. The molecule has 0 saturated carbocycles. The Morgan fingerprint density at radius 3 is 2.74 bits per heavy atom. The number of nitrogens with zero attached hydrogens (tertiary/aromatic N) is 3. The molecule has 0 aliphatic carbocycles. The lowest BCUT2D eigenvalue weighted by molar-refractivity contribution is -0.141. The van der Waals surface area contributed by atoms with E-state index in [0.717, 1.165) is 37.3 Å². The molecule has 0 N–H and O–H groups in total. The second-order valence-electron chi connectivity index (χ2n) is 4.39. The van der Waals surface area contributed by atoms with Crippen LogP contribution < -0.4 is 0 Å². The lowest BCUT2D eigenvalue weighted by Gasteiger charge is -2.08. The van der Waals surface area contributed by atoms with Crippen molar-refractivity contribution in [3.8, 4) is 11.3 Å². The number of hydrogen-bond acceptors (Lipinski definition) is 2. The maximum Gasteiger partial charge on any atom is 0.433 e. The third-order valence-electron chi connectivity index (χ3n) is 3.09. The summed E-state index contributed by atoms with van der Waals surface area (Å²) in [5.74, 6) is 0. The zero-order valence-corrected chi connectivity index (χ0v) is 10.5. The molecular weight excluding hydrogens is 279 g/mol. The smallest absolute Gasteiger partial charge is 0.269 e. The fourth-order valence-corrected chi connectivity index (χ4v) is 2.38. The highest BCUT2D eigenvalue weighted by Crippen LogP contribution is 2.34. The number of fused-ring (bicyclic) bond motifs is 1. The number of hydrogen-bond donors (Lipinski definition) is 0.